The summed E-state index contributed by atoms with van der Waals surface area (Å²) in [7, 11) is -3.97. The fourth-order valence-electron chi connectivity index (χ4n) is 2.09. The number of anilines is 1. The van der Waals surface area contributed by atoms with Gasteiger partial charge in [0.25, 0.3) is 0 Å². The Kier molecular flexibility index (Phi) is 4.46. The molecule has 0 bridgehead atoms. The van der Waals surface area contributed by atoms with E-state index in [0.717, 1.165) is 4.31 Å². The number of carboxylic acid groups (broad SMARTS) is 1. The molecule has 0 aliphatic carbocycles. The summed E-state index contributed by atoms with van der Waals surface area (Å²) in [5.41, 5.74) is 0. The van der Waals surface area contributed by atoms with Gasteiger partial charge in [0.1, 0.15) is 11.9 Å². The summed E-state index contributed by atoms with van der Waals surface area (Å²) in [5.74, 6) is -1.08. The van der Waals surface area contributed by atoms with E-state index < -0.39 is 22.2 Å². The minimum absolute atomic E-state index is 0.0622. The Balaban J connectivity index is 2.22. The van der Waals surface area contributed by atoms with Crippen LogP contribution in [0, 0.1) is 0 Å². The van der Waals surface area contributed by atoms with Crippen LogP contribution in [0.4, 0.5) is 5.82 Å². The monoisotopic (exact) mass is 319 g/mol. The number of halogens is 1. The van der Waals surface area contributed by atoms with Gasteiger partial charge in [0, 0.05) is 23.8 Å². The molecule has 0 aromatic carbocycles. The predicted octanol–water partition coefficient (Wildman–Crippen LogP) is 1.33. The van der Waals surface area contributed by atoms with Crippen LogP contribution < -0.4 is 4.72 Å². The van der Waals surface area contributed by atoms with E-state index in [9.17, 15) is 13.2 Å². The molecule has 0 amide bonds. The fraction of sp³-hybridized carbons (Fsp3) is 0.455. The lowest BCUT2D eigenvalue weighted by atomic mass is 10.1. The molecule has 9 heteroatoms. The molecule has 1 aromatic heterocycles. The lowest BCUT2D eigenvalue weighted by Gasteiger charge is -2.31. The van der Waals surface area contributed by atoms with Gasteiger partial charge in [-0.1, -0.05) is 11.6 Å². The van der Waals surface area contributed by atoms with Gasteiger partial charge in [-0.15, -0.1) is 0 Å². The molecule has 20 heavy (non-hydrogen) atoms. The molecule has 0 radical (unpaired) electrons. The Morgan fingerprint density at radius 2 is 2.25 bits per heavy atom. The van der Waals surface area contributed by atoms with Gasteiger partial charge in [0.15, 0.2) is 0 Å². The summed E-state index contributed by atoms with van der Waals surface area (Å²) in [4.78, 5) is 15.0. The van der Waals surface area contributed by atoms with Crippen molar-refractivity contribution in [2.75, 3.05) is 11.3 Å². The summed E-state index contributed by atoms with van der Waals surface area (Å²) in [6.07, 6.45) is 3.00. The van der Waals surface area contributed by atoms with E-state index in [1.807, 2.05) is 0 Å². The molecular formula is C11H14ClN3O4S. The van der Waals surface area contributed by atoms with Crippen molar-refractivity contribution in [3.63, 3.8) is 0 Å². The second kappa shape index (κ2) is 5.94. The van der Waals surface area contributed by atoms with Crippen LogP contribution in [0.15, 0.2) is 18.3 Å². The van der Waals surface area contributed by atoms with Gasteiger partial charge in [-0.3, -0.25) is 9.52 Å². The Hall–Kier alpha value is -1.38. The molecule has 1 fully saturated rings. The number of carbonyl (C=O) groups is 1. The summed E-state index contributed by atoms with van der Waals surface area (Å²) < 4.78 is 27.7. The summed E-state index contributed by atoms with van der Waals surface area (Å²) in [6, 6.07) is 1.83. The zero-order valence-electron chi connectivity index (χ0n) is 10.5. The second-order valence-electron chi connectivity index (χ2n) is 4.43. The number of hydrogen-bond acceptors (Lipinski definition) is 4. The maximum atomic E-state index is 12.2. The van der Waals surface area contributed by atoms with Crippen molar-refractivity contribution in [1.29, 1.82) is 0 Å². The van der Waals surface area contributed by atoms with Gasteiger partial charge in [0.2, 0.25) is 0 Å². The largest absolute Gasteiger partial charge is 0.480 e. The maximum absolute atomic E-state index is 12.2. The number of hydrogen-bond donors (Lipinski definition) is 2. The Bertz CT molecular complexity index is 607. The van der Waals surface area contributed by atoms with E-state index in [1.165, 1.54) is 18.3 Å². The van der Waals surface area contributed by atoms with Crippen molar-refractivity contribution < 1.29 is 18.3 Å². The van der Waals surface area contributed by atoms with E-state index in [4.69, 9.17) is 16.7 Å². The smallest absolute Gasteiger partial charge is 0.322 e. The first-order valence-electron chi connectivity index (χ1n) is 6.04. The molecule has 1 atom stereocenters. The number of carboxylic acids is 1. The number of piperidine rings is 1. The van der Waals surface area contributed by atoms with Crippen LogP contribution in [0.3, 0.4) is 0 Å². The molecule has 1 aliphatic heterocycles. The van der Waals surface area contributed by atoms with Crippen LogP contribution in [0.1, 0.15) is 19.3 Å². The molecule has 110 valence electrons. The SMILES string of the molecule is O=C(O)C1CCCCN1S(=O)(=O)Nc1cc(Cl)ccn1. The second-order valence-corrected chi connectivity index (χ2v) is 6.49. The van der Waals surface area contributed by atoms with E-state index in [0.29, 0.717) is 24.3 Å². The van der Waals surface area contributed by atoms with Crippen LogP contribution in [0.25, 0.3) is 0 Å². The van der Waals surface area contributed by atoms with Gasteiger partial charge in [-0.05, 0) is 25.3 Å². The Morgan fingerprint density at radius 3 is 2.90 bits per heavy atom. The third kappa shape index (κ3) is 3.38. The molecule has 0 saturated carbocycles. The van der Waals surface area contributed by atoms with Crippen molar-refractivity contribution in [3.05, 3.63) is 23.4 Å². The van der Waals surface area contributed by atoms with Gasteiger partial charge >= 0.3 is 16.2 Å². The van der Waals surface area contributed by atoms with Crippen molar-refractivity contribution >= 4 is 33.6 Å². The summed E-state index contributed by atoms with van der Waals surface area (Å²) in [5, 5.41) is 9.45. The topological polar surface area (TPSA) is 99.6 Å². The molecule has 1 unspecified atom stereocenters. The van der Waals surface area contributed by atoms with Crippen LogP contribution in [0.2, 0.25) is 5.02 Å². The Morgan fingerprint density at radius 1 is 1.50 bits per heavy atom. The van der Waals surface area contributed by atoms with E-state index in [1.54, 1.807) is 0 Å². The van der Waals surface area contributed by atoms with E-state index in [2.05, 4.69) is 9.71 Å². The predicted molar refractivity (Wildman–Crippen MR) is 73.8 cm³/mol. The highest BCUT2D eigenvalue weighted by molar-refractivity contribution is 7.90. The number of aliphatic carboxylic acids is 1. The standard InChI is InChI=1S/C11H14ClN3O4S/c12-8-4-5-13-10(7-8)14-20(18,19)15-6-2-1-3-9(15)11(16)17/h4-5,7,9H,1-3,6H2,(H,13,14)(H,16,17). The minimum Gasteiger partial charge on any atom is -0.480 e. The highest BCUT2D eigenvalue weighted by atomic mass is 35.5. The van der Waals surface area contributed by atoms with Gasteiger partial charge in [0.05, 0.1) is 0 Å². The van der Waals surface area contributed by atoms with Gasteiger partial charge in [-0.25, -0.2) is 4.98 Å². The van der Waals surface area contributed by atoms with E-state index in [-0.39, 0.29) is 12.4 Å². The number of aromatic nitrogens is 1. The minimum atomic E-state index is -3.97. The van der Waals surface area contributed by atoms with Crippen molar-refractivity contribution in [1.82, 2.24) is 9.29 Å². The molecule has 1 saturated heterocycles. The average molecular weight is 320 g/mol. The third-order valence-electron chi connectivity index (χ3n) is 3.00. The quantitative estimate of drug-likeness (QED) is 0.872. The first-order valence-corrected chi connectivity index (χ1v) is 7.86. The number of nitrogens with zero attached hydrogens (tertiary/aromatic N) is 2. The molecule has 1 aliphatic rings. The molecule has 7 nitrogen and oxygen atoms in total. The zero-order valence-corrected chi connectivity index (χ0v) is 12.1. The highest BCUT2D eigenvalue weighted by Gasteiger charge is 2.36. The lowest BCUT2D eigenvalue weighted by Crippen LogP contribution is -2.50. The van der Waals surface area contributed by atoms with Crippen LogP contribution in [-0.4, -0.2) is 41.4 Å². The van der Waals surface area contributed by atoms with Crippen molar-refractivity contribution in [3.8, 4) is 0 Å². The molecule has 1 aromatic rings. The van der Waals surface area contributed by atoms with Crippen LogP contribution in [-0.2, 0) is 15.0 Å². The molecular weight excluding hydrogens is 306 g/mol. The molecule has 2 rings (SSSR count). The summed E-state index contributed by atoms with van der Waals surface area (Å²) in [6.45, 7) is 0.173. The zero-order chi connectivity index (χ0) is 14.8. The number of nitrogens with one attached hydrogen (secondary N) is 1. The molecule has 2 heterocycles. The molecule has 2 N–H and O–H groups in total. The van der Waals surface area contributed by atoms with Crippen molar-refractivity contribution in [2.45, 2.75) is 25.3 Å². The number of rotatable bonds is 4. The average Bonchev–Trinajstić information content (AvgIpc) is 2.38. The first kappa shape index (κ1) is 15.0. The van der Waals surface area contributed by atoms with E-state index >= 15 is 0 Å². The fourth-order valence-corrected chi connectivity index (χ4v) is 3.64. The maximum Gasteiger partial charge on any atom is 0.322 e. The van der Waals surface area contributed by atoms with Gasteiger partial charge in [-0.2, -0.15) is 12.7 Å². The first-order chi connectivity index (χ1) is 9.40. The highest BCUT2D eigenvalue weighted by Crippen LogP contribution is 2.22. The number of pyridine rings is 1. The Labute approximate surface area is 121 Å². The summed E-state index contributed by atoms with van der Waals surface area (Å²) >= 11 is 5.76. The van der Waals surface area contributed by atoms with Crippen LogP contribution in [0.5, 0.6) is 0 Å². The van der Waals surface area contributed by atoms with Crippen molar-refractivity contribution in [2.24, 2.45) is 0 Å². The third-order valence-corrected chi connectivity index (χ3v) is 4.76. The lowest BCUT2D eigenvalue weighted by molar-refractivity contribution is -0.142. The van der Waals surface area contributed by atoms with Gasteiger partial charge < -0.3 is 5.11 Å². The molecule has 0 spiro atoms. The van der Waals surface area contributed by atoms with Crippen LogP contribution >= 0.6 is 11.6 Å². The normalized spacial score (nSPS) is 20.6.